The predicted octanol–water partition coefficient (Wildman–Crippen LogP) is 2.76. The number of aryl methyl sites for hydroxylation is 1. The van der Waals surface area contributed by atoms with E-state index in [2.05, 4.69) is 10.3 Å². The van der Waals surface area contributed by atoms with E-state index in [1.807, 2.05) is 36.6 Å². The van der Waals surface area contributed by atoms with Gasteiger partial charge in [0, 0.05) is 11.9 Å². The van der Waals surface area contributed by atoms with Crippen molar-refractivity contribution in [3.8, 4) is 0 Å². The molecule has 0 saturated carbocycles. The molecule has 1 aliphatic rings. The number of fused-ring (bicyclic) bond motifs is 1. The number of hydrogen-bond donors (Lipinski definition) is 1. The summed E-state index contributed by atoms with van der Waals surface area (Å²) in [6, 6.07) is 6.95. The van der Waals surface area contributed by atoms with Crippen LogP contribution in [0.4, 0.5) is 9.93 Å². The number of benzene rings is 1. The Labute approximate surface area is 138 Å². The number of thiazole rings is 1. The Morgan fingerprint density at radius 2 is 2.17 bits per heavy atom. The van der Waals surface area contributed by atoms with E-state index >= 15 is 0 Å². The first kappa shape index (κ1) is 15.5. The summed E-state index contributed by atoms with van der Waals surface area (Å²) in [6.45, 7) is 2.31. The molecule has 3 rings (SSSR count). The van der Waals surface area contributed by atoms with Gasteiger partial charge in [0.25, 0.3) is 5.91 Å². The molecule has 0 bridgehead atoms. The highest BCUT2D eigenvalue weighted by Gasteiger charge is 2.36. The molecule has 1 aliphatic heterocycles. The van der Waals surface area contributed by atoms with Crippen LogP contribution in [0.3, 0.4) is 0 Å². The Kier molecular flexibility index (Phi) is 4.29. The van der Waals surface area contributed by atoms with E-state index in [4.69, 9.17) is 4.74 Å². The van der Waals surface area contributed by atoms with Crippen molar-refractivity contribution in [3.63, 3.8) is 0 Å². The average molecular weight is 331 g/mol. The van der Waals surface area contributed by atoms with Crippen molar-refractivity contribution in [3.05, 3.63) is 46.5 Å². The number of carbonyl (C=O) groups excluding carboxylic acids is 2. The topological polar surface area (TPSA) is 71.5 Å². The fourth-order valence-corrected chi connectivity index (χ4v) is 3.44. The monoisotopic (exact) mass is 331 g/mol. The Morgan fingerprint density at radius 1 is 1.39 bits per heavy atom. The highest BCUT2D eigenvalue weighted by Crippen LogP contribution is 2.31. The van der Waals surface area contributed by atoms with Gasteiger partial charge in [0.05, 0.1) is 12.8 Å². The molecule has 0 radical (unpaired) electrons. The molecule has 23 heavy (non-hydrogen) atoms. The highest BCUT2D eigenvalue weighted by molar-refractivity contribution is 7.13. The molecule has 2 heterocycles. The van der Waals surface area contributed by atoms with Gasteiger partial charge < -0.3 is 4.74 Å². The summed E-state index contributed by atoms with van der Waals surface area (Å²) < 4.78 is 4.83. The highest BCUT2D eigenvalue weighted by atomic mass is 32.1. The van der Waals surface area contributed by atoms with E-state index in [0.717, 1.165) is 16.8 Å². The van der Waals surface area contributed by atoms with Gasteiger partial charge in [-0.2, -0.15) is 0 Å². The maximum Gasteiger partial charge on any atom is 0.410 e. The predicted molar refractivity (Wildman–Crippen MR) is 87.5 cm³/mol. The van der Waals surface area contributed by atoms with Crippen LogP contribution in [0.2, 0.25) is 0 Å². The third kappa shape index (κ3) is 3.05. The van der Waals surface area contributed by atoms with Crippen molar-refractivity contribution < 1.29 is 14.3 Å². The maximum absolute atomic E-state index is 12.8. The van der Waals surface area contributed by atoms with Crippen LogP contribution >= 0.6 is 11.3 Å². The molecule has 0 aliphatic carbocycles. The fraction of sp³-hybridized carbons (Fsp3) is 0.312. The third-order valence-electron chi connectivity index (χ3n) is 3.79. The first-order valence-electron chi connectivity index (χ1n) is 7.25. The van der Waals surface area contributed by atoms with Gasteiger partial charge in [-0.15, -0.1) is 11.3 Å². The number of hydrogen-bond acceptors (Lipinski definition) is 5. The van der Waals surface area contributed by atoms with Crippen LogP contribution in [0.15, 0.2) is 29.6 Å². The van der Waals surface area contributed by atoms with Crippen LogP contribution in [0.1, 0.15) is 22.9 Å². The number of nitrogens with one attached hydrogen (secondary N) is 1. The van der Waals surface area contributed by atoms with E-state index in [1.54, 1.807) is 0 Å². The van der Waals surface area contributed by atoms with Gasteiger partial charge in [0.1, 0.15) is 6.04 Å². The molecule has 120 valence electrons. The largest absolute Gasteiger partial charge is 0.453 e. The summed E-state index contributed by atoms with van der Waals surface area (Å²) in [5.74, 6) is -0.281. The molecular weight excluding hydrogens is 314 g/mol. The SMILES string of the molecule is COC(=O)N1CCc2ccccc2C1C(=O)Nc1nc(C)cs1. The zero-order chi connectivity index (χ0) is 16.4. The van der Waals surface area contributed by atoms with Crippen molar-refractivity contribution in [2.75, 3.05) is 19.0 Å². The summed E-state index contributed by atoms with van der Waals surface area (Å²) >= 11 is 1.36. The van der Waals surface area contributed by atoms with Gasteiger partial charge in [-0.1, -0.05) is 24.3 Å². The lowest BCUT2D eigenvalue weighted by atomic mass is 9.92. The summed E-state index contributed by atoms with van der Waals surface area (Å²) in [5, 5.41) is 5.19. The number of aromatic nitrogens is 1. The smallest absolute Gasteiger partial charge is 0.410 e. The summed E-state index contributed by atoms with van der Waals surface area (Å²) in [7, 11) is 1.32. The first-order chi connectivity index (χ1) is 11.1. The van der Waals surface area contributed by atoms with Gasteiger partial charge >= 0.3 is 6.09 Å². The standard InChI is InChI=1S/C16H17N3O3S/c1-10-9-23-15(17-10)18-14(20)13-12-6-4-3-5-11(12)7-8-19(13)16(21)22-2/h3-6,9,13H,7-8H2,1-2H3,(H,17,18,20). The molecule has 1 aromatic heterocycles. The van der Waals surface area contributed by atoms with E-state index in [9.17, 15) is 9.59 Å². The van der Waals surface area contributed by atoms with Crippen LogP contribution < -0.4 is 5.32 Å². The molecule has 2 aromatic rings. The van der Waals surface area contributed by atoms with Gasteiger partial charge in [0.2, 0.25) is 0 Å². The number of nitrogens with zero attached hydrogens (tertiary/aromatic N) is 2. The number of ether oxygens (including phenoxy) is 1. The zero-order valence-corrected chi connectivity index (χ0v) is 13.7. The van der Waals surface area contributed by atoms with Crippen LogP contribution in [0.25, 0.3) is 0 Å². The molecular formula is C16H17N3O3S. The molecule has 1 unspecified atom stereocenters. The molecule has 0 saturated heterocycles. The Morgan fingerprint density at radius 3 is 2.87 bits per heavy atom. The molecule has 7 heteroatoms. The van der Waals surface area contributed by atoms with E-state index < -0.39 is 12.1 Å². The second-order valence-corrected chi connectivity index (χ2v) is 6.16. The van der Waals surface area contributed by atoms with E-state index in [-0.39, 0.29) is 5.91 Å². The van der Waals surface area contributed by atoms with E-state index in [0.29, 0.717) is 18.1 Å². The fourth-order valence-electron chi connectivity index (χ4n) is 2.75. The van der Waals surface area contributed by atoms with Crippen molar-refractivity contribution in [2.45, 2.75) is 19.4 Å². The second-order valence-electron chi connectivity index (χ2n) is 5.30. The van der Waals surface area contributed by atoms with Gasteiger partial charge in [-0.3, -0.25) is 15.0 Å². The summed E-state index contributed by atoms with van der Waals surface area (Å²) in [4.78, 5) is 30.5. The number of amides is 2. The molecule has 1 atom stereocenters. The molecule has 2 amide bonds. The second kappa shape index (κ2) is 6.37. The quantitative estimate of drug-likeness (QED) is 0.918. The molecule has 6 nitrogen and oxygen atoms in total. The van der Waals surface area contributed by atoms with Crippen molar-refractivity contribution in [1.29, 1.82) is 0 Å². The first-order valence-corrected chi connectivity index (χ1v) is 8.13. The number of anilines is 1. The minimum absolute atomic E-state index is 0.281. The maximum atomic E-state index is 12.8. The number of rotatable bonds is 2. The van der Waals surface area contributed by atoms with Crippen LogP contribution in [0, 0.1) is 6.92 Å². The minimum atomic E-state index is -0.711. The summed E-state index contributed by atoms with van der Waals surface area (Å²) in [5.41, 5.74) is 2.75. The van der Waals surface area contributed by atoms with Gasteiger partial charge in [0.15, 0.2) is 5.13 Å². The van der Waals surface area contributed by atoms with Gasteiger partial charge in [-0.25, -0.2) is 9.78 Å². The van der Waals surface area contributed by atoms with Crippen LogP contribution in [0.5, 0.6) is 0 Å². The Hall–Kier alpha value is -2.41. The van der Waals surface area contributed by atoms with Crippen molar-refractivity contribution in [2.24, 2.45) is 0 Å². The molecule has 0 fully saturated rings. The lowest BCUT2D eigenvalue weighted by Crippen LogP contribution is -2.45. The molecule has 0 spiro atoms. The number of methoxy groups -OCH3 is 1. The number of carbonyl (C=O) groups is 2. The van der Waals surface area contributed by atoms with Crippen molar-refractivity contribution >= 4 is 28.5 Å². The summed E-state index contributed by atoms with van der Waals surface area (Å²) in [6.07, 6.45) is 0.195. The van der Waals surface area contributed by atoms with Crippen LogP contribution in [-0.4, -0.2) is 35.5 Å². The zero-order valence-electron chi connectivity index (χ0n) is 12.9. The Bertz CT molecular complexity index is 744. The molecule has 1 N–H and O–H groups in total. The minimum Gasteiger partial charge on any atom is -0.453 e. The normalized spacial score (nSPS) is 16.6. The van der Waals surface area contributed by atoms with Gasteiger partial charge in [-0.05, 0) is 24.5 Å². The van der Waals surface area contributed by atoms with Crippen LogP contribution in [-0.2, 0) is 16.0 Å². The van der Waals surface area contributed by atoms with Crippen molar-refractivity contribution in [1.82, 2.24) is 9.88 Å². The average Bonchev–Trinajstić information content (AvgIpc) is 2.97. The lowest BCUT2D eigenvalue weighted by Gasteiger charge is -2.35. The molecule has 1 aromatic carbocycles. The Balaban J connectivity index is 1.93. The van der Waals surface area contributed by atoms with E-state index in [1.165, 1.54) is 23.3 Å². The third-order valence-corrected chi connectivity index (χ3v) is 4.67. The lowest BCUT2D eigenvalue weighted by molar-refractivity contribution is -0.121.